The predicted molar refractivity (Wildman–Crippen MR) is 70.6 cm³/mol. The Bertz CT molecular complexity index is 608. The molecule has 0 atom stereocenters. The normalized spacial score (nSPS) is 11.4. The lowest BCUT2D eigenvalue weighted by Gasteiger charge is -2.05. The van der Waals surface area contributed by atoms with Crippen molar-refractivity contribution >= 4 is 17.2 Å². The molecule has 0 unspecified atom stereocenters. The SMILES string of the molecule is CCNC(=O)c1sc(-c2ccccc2)nc1C(F)(F)F. The monoisotopic (exact) mass is 300 g/mol. The van der Waals surface area contributed by atoms with Crippen molar-refractivity contribution in [1.82, 2.24) is 10.3 Å². The molecule has 1 aromatic carbocycles. The minimum absolute atomic E-state index is 0.180. The number of hydrogen-bond acceptors (Lipinski definition) is 3. The number of amides is 1. The van der Waals surface area contributed by atoms with E-state index < -0.39 is 22.7 Å². The number of nitrogens with zero attached hydrogens (tertiary/aromatic N) is 1. The van der Waals surface area contributed by atoms with E-state index in [-0.39, 0.29) is 11.6 Å². The van der Waals surface area contributed by atoms with Gasteiger partial charge in [-0.25, -0.2) is 4.98 Å². The van der Waals surface area contributed by atoms with Crippen LogP contribution < -0.4 is 5.32 Å². The van der Waals surface area contributed by atoms with Crippen LogP contribution in [-0.4, -0.2) is 17.4 Å². The summed E-state index contributed by atoms with van der Waals surface area (Å²) in [7, 11) is 0. The van der Waals surface area contributed by atoms with Crippen LogP contribution >= 0.6 is 11.3 Å². The zero-order chi connectivity index (χ0) is 14.8. The highest BCUT2D eigenvalue weighted by atomic mass is 32.1. The van der Waals surface area contributed by atoms with Gasteiger partial charge in [-0.3, -0.25) is 4.79 Å². The van der Waals surface area contributed by atoms with Crippen molar-refractivity contribution in [3.8, 4) is 10.6 Å². The molecule has 0 saturated carbocycles. The number of carbonyl (C=O) groups excluding carboxylic acids is 1. The molecule has 1 amide bonds. The van der Waals surface area contributed by atoms with Crippen LogP contribution in [0.3, 0.4) is 0 Å². The molecule has 20 heavy (non-hydrogen) atoms. The van der Waals surface area contributed by atoms with Gasteiger partial charge in [0, 0.05) is 12.1 Å². The first-order valence-electron chi connectivity index (χ1n) is 5.85. The minimum Gasteiger partial charge on any atom is -0.352 e. The molecule has 0 aliphatic carbocycles. The number of alkyl halides is 3. The van der Waals surface area contributed by atoms with Gasteiger partial charge in [-0.2, -0.15) is 13.2 Å². The number of halogens is 3. The lowest BCUT2D eigenvalue weighted by atomic mass is 10.2. The summed E-state index contributed by atoms with van der Waals surface area (Å²) < 4.78 is 38.8. The van der Waals surface area contributed by atoms with Crippen LogP contribution in [0.25, 0.3) is 10.6 Å². The van der Waals surface area contributed by atoms with Gasteiger partial charge in [0.05, 0.1) is 0 Å². The summed E-state index contributed by atoms with van der Waals surface area (Å²) in [5, 5.41) is 2.55. The van der Waals surface area contributed by atoms with Crippen molar-refractivity contribution < 1.29 is 18.0 Å². The largest absolute Gasteiger partial charge is 0.435 e. The van der Waals surface area contributed by atoms with Gasteiger partial charge >= 0.3 is 6.18 Å². The van der Waals surface area contributed by atoms with Crippen molar-refractivity contribution in [2.45, 2.75) is 13.1 Å². The maximum Gasteiger partial charge on any atom is 0.435 e. The van der Waals surface area contributed by atoms with Crippen molar-refractivity contribution in [1.29, 1.82) is 0 Å². The molecule has 0 fully saturated rings. The van der Waals surface area contributed by atoms with Gasteiger partial charge in [0.15, 0.2) is 5.69 Å². The van der Waals surface area contributed by atoms with Crippen LogP contribution in [-0.2, 0) is 6.18 Å². The zero-order valence-electron chi connectivity index (χ0n) is 10.5. The van der Waals surface area contributed by atoms with Crippen LogP contribution in [0.1, 0.15) is 22.3 Å². The van der Waals surface area contributed by atoms with Crippen LogP contribution in [0, 0.1) is 0 Å². The summed E-state index contributed by atoms with van der Waals surface area (Å²) >= 11 is 0.744. The van der Waals surface area contributed by atoms with Crippen LogP contribution in [0.2, 0.25) is 0 Å². The smallest absolute Gasteiger partial charge is 0.352 e. The highest BCUT2D eigenvalue weighted by molar-refractivity contribution is 7.17. The lowest BCUT2D eigenvalue weighted by molar-refractivity contribution is -0.141. The third-order valence-corrected chi connectivity index (χ3v) is 3.56. The lowest BCUT2D eigenvalue weighted by Crippen LogP contribution is -2.24. The molecule has 1 heterocycles. The average Bonchev–Trinajstić information content (AvgIpc) is 2.85. The fourth-order valence-electron chi connectivity index (χ4n) is 1.61. The van der Waals surface area contributed by atoms with E-state index in [4.69, 9.17) is 0 Å². The highest BCUT2D eigenvalue weighted by Gasteiger charge is 2.39. The molecule has 1 aromatic heterocycles. The van der Waals surface area contributed by atoms with Gasteiger partial charge in [0.1, 0.15) is 9.88 Å². The predicted octanol–water partition coefficient (Wildman–Crippen LogP) is 3.58. The maximum absolute atomic E-state index is 12.9. The molecule has 7 heteroatoms. The Morgan fingerprint density at radius 1 is 1.30 bits per heavy atom. The fourth-order valence-corrected chi connectivity index (χ4v) is 2.62. The Kier molecular flexibility index (Phi) is 4.08. The highest BCUT2D eigenvalue weighted by Crippen LogP contribution is 2.37. The van der Waals surface area contributed by atoms with Gasteiger partial charge in [0.2, 0.25) is 0 Å². The number of thiazole rings is 1. The molecular weight excluding hydrogens is 289 g/mol. The number of benzene rings is 1. The van der Waals surface area contributed by atoms with Crippen LogP contribution in [0.15, 0.2) is 30.3 Å². The van der Waals surface area contributed by atoms with E-state index in [0.29, 0.717) is 5.56 Å². The van der Waals surface area contributed by atoms with E-state index in [1.165, 1.54) is 0 Å². The number of hydrogen-bond donors (Lipinski definition) is 1. The Morgan fingerprint density at radius 2 is 1.95 bits per heavy atom. The first-order valence-corrected chi connectivity index (χ1v) is 6.66. The zero-order valence-corrected chi connectivity index (χ0v) is 11.3. The molecule has 0 spiro atoms. The molecule has 0 saturated heterocycles. The fraction of sp³-hybridized carbons (Fsp3) is 0.231. The second kappa shape index (κ2) is 5.62. The van der Waals surface area contributed by atoms with Gasteiger partial charge in [-0.15, -0.1) is 11.3 Å². The third-order valence-electron chi connectivity index (χ3n) is 2.46. The molecule has 0 radical (unpaired) electrons. The van der Waals surface area contributed by atoms with E-state index in [1.54, 1.807) is 37.3 Å². The van der Waals surface area contributed by atoms with Crippen LogP contribution in [0.4, 0.5) is 13.2 Å². The van der Waals surface area contributed by atoms with E-state index in [2.05, 4.69) is 10.3 Å². The summed E-state index contributed by atoms with van der Waals surface area (Å²) in [4.78, 5) is 14.9. The second-order valence-electron chi connectivity index (χ2n) is 3.92. The first kappa shape index (κ1) is 14.5. The molecule has 0 bridgehead atoms. The van der Waals surface area contributed by atoms with E-state index in [9.17, 15) is 18.0 Å². The van der Waals surface area contributed by atoms with Crippen molar-refractivity contribution in [3.05, 3.63) is 40.9 Å². The number of rotatable bonds is 3. The van der Waals surface area contributed by atoms with Gasteiger partial charge in [-0.1, -0.05) is 30.3 Å². The molecule has 1 N–H and O–H groups in total. The second-order valence-corrected chi connectivity index (χ2v) is 4.92. The molecule has 3 nitrogen and oxygen atoms in total. The third kappa shape index (κ3) is 2.98. The topological polar surface area (TPSA) is 42.0 Å². The van der Waals surface area contributed by atoms with Crippen molar-refractivity contribution in [3.63, 3.8) is 0 Å². The molecule has 2 aromatic rings. The molecule has 2 rings (SSSR count). The number of aromatic nitrogens is 1. The number of nitrogens with one attached hydrogen (secondary N) is 1. The molecule has 0 aliphatic heterocycles. The Balaban J connectivity index is 2.50. The van der Waals surface area contributed by atoms with E-state index >= 15 is 0 Å². The summed E-state index contributed by atoms with van der Waals surface area (Å²) in [5.74, 6) is -0.750. The minimum atomic E-state index is -4.65. The van der Waals surface area contributed by atoms with Crippen molar-refractivity contribution in [2.75, 3.05) is 6.54 Å². The summed E-state index contributed by atoms with van der Waals surface area (Å²) in [6.45, 7) is 1.90. The number of carbonyl (C=O) groups is 1. The van der Waals surface area contributed by atoms with Gasteiger partial charge in [0.25, 0.3) is 5.91 Å². The average molecular weight is 300 g/mol. The Hall–Kier alpha value is -1.89. The Labute approximate surface area is 117 Å². The summed E-state index contributed by atoms with van der Waals surface area (Å²) in [6.07, 6.45) is -4.65. The van der Waals surface area contributed by atoms with Gasteiger partial charge in [-0.05, 0) is 6.92 Å². The first-order chi connectivity index (χ1) is 9.43. The summed E-state index contributed by atoms with van der Waals surface area (Å²) in [5.41, 5.74) is -0.578. The molecule has 0 aliphatic rings. The maximum atomic E-state index is 12.9. The van der Waals surface area contributed by atoms with Gasteiger partial charge < -0.3 is 5.32 Å². The Morgan fingerprint density at radius 3 is 2.50 bits per heavy atom. The van der Waals surface area contributed by atoms with E-state index in [1.807, 2.05) is 0 Å². The molecular formula is C13H11F3N2OS. The quantitative estimate of drug-likeness (QED) is 0.941. The van der Waals surface area contributed by atoms with Crippen LogP contribution in [0.5, 0.6) is 0 Å². The van der Waals surface area contributed by atoms with E-state index in [0.717, 1.165) is 11.3 Å². The molecule has 106 valence electrons. The standard InChI is InChI=1S/C13H11F3N2OS/c1-2-17-11(19)9-10(13(14,15)16)18-12(20-9)8-6-4-3-5-7-8/h3-7H,2H2,1H3,(H,17,19). The summed E-state index contributed by atoms with van der Waals surface area (Å²) in [6, 6.07) is 8.47. The van der Waals surface area contributed by atoms with Crippen molar-refractivity contribution in [2.24, 2.45) is 0 Å².